The molecule has 0 saturated carbocycles. The molecule has 2 heterocycles. The average Bonchev–Trinajstić information content (AvgIpc) is 3.10. The first-order valence-corrected chi connectivity index (χ1v) is 10.6. The highest BCUT2D eigenvalue weighted by molar-refractivity contribution is 7.16. The quantitative estimate of drug-likeness (QED) is 0.537. The number of thiophene rings is 1. The zero-order chi connectivity index (χ0) is 21.8. The summed E-state index contributed by atoms with van der Waals surface area (Å²) >= 11 is 7.39. The SMILES string of the molecule is CCn1c(=O)c(C(=O)CN(C)Cc2ccc(Cl)s2)c(N)n(Cc2ccccc2)c1=O. The highest BCUT2D eigenvalue weighted by Gasteiger charge is 2.23. The van der Waals surface area contributed by atoms with E-state index >= 15 is 0 Å². The third-order valence-electron chi connectivity index (χ3n) is 4.71. The number of anilines is 1. The van der Waals surface area contributed by atoms with Gasteiger partial charge in [0.05, 0.1) is 17.4 Å². The van der Waals surface area contributed by atoms with Crippen LogP contribution in [0.3, 0.4) is 0 Å². The van der Waals surface area contributed by atoms with Crippen molar-refractivity contribution in [3.8, 4) is 0 Å². The highest BCUT2D eigenvalue weighted by Crippen LogP contribution is 2.22. The summed E-state index contributed by atoms with van der Waals surface area (Å²) in [5, 5.41) is 0. The van der Waals surface area contributed by atoms with Gasteiger partial charge in [-0.05, 0) is 31.7 Å². The predicted octanol–water partition coefficient (Wildman–Crippen LogP) is 2.69. The van der Waals surface area contributed by atoms with Crippen LogP contribution in [0.25, 0.3) is 0 Å². The number of hydrogen-bond donors (Lipinski definition) is 1. The first-order valence-electron chi connectivity index (χ1n) is 9.44. The van der Waals surface area contributed by atoms with E-state index in [1.54, 1.807) is 24.9 Å². The molecular formula is C21H23ClN4O3S. The number of carbonyl (C=O) groups excluding carboxylic acids is 1. The van der Waals surface area contributed by atoms with E-state index in [0.29, 0.717) is 10.9 Å². The zero-order valence-corrected chi connectivity index (χ0v) is 18.4. The molecule has 2 N–H and O–H groups in total. The highest BCUT2D eigenvalue weighted by atomic mass is 35.5. The molecule has 9 heteroatoms. The minimum Gasteiger partial charge on any atom is -0.384 e. The number of nitrogens with zero attached hydrogens (tertiary/aromatic N) is 3. The summed E-state index contributed by atoms with van der Waals surface area (Å²) in [5.41, 5.74) is 5.70. The Bertz CT molecular complexity index is 1170. The molecule has 0 unspecified atom stereocenters. The molecular weight excluding hydrogens is 424 g/mol. The van der Waals surface area contributed by atoms with E-state index in [1.165, 1.54) is 15.9 Å². The second-order valence-corrected chi connectivity index (χ2v) is 8.76. The lowest BCUT2D eigenvalue weighted by Crippen LogP contribution is -2.45. The number of nitrogens with two attached hydrogens (primary N) is 1. The molecule has 0 aliphatic heterocycles. The van der Waals surface area contributed by atoms with Crippen molar-refractivity contribution in [1.82, 2.24) is 14.0 Å². The van der Waals surface area contributed by atoms with Crippen molar-refractivity contribution in [2.45, 2.75) is 26.6 Å². The Hall–Kier alpha value is -2.68. The minimum atomic E-state index is -0.651. The van der Waals surface area contributed by atoms with Gasteiger partial charge in [-0.15, -0.1) is 11.3 Å². The molecule has 0 spiro atoms. The van der Waals surface area contributed by atoms with Crippen LogP contribution in [0.2, 0.25) is 4.34 Å². The Morgan fingerprint density at radius 1 is 1.13 bits per heavy atom. The zero-order valence-electron chi connectivity index (χ0n) is 16.8. The lowest BCUT2D eigenvalue weighted by Gasteiger charge is -2.18. The van der Waals surface area contributed by atoms with Crippen LogP contribution in [0.5, 0.6) is 0 Å². The van der Waals surface area contributed by atoms with Crippen molar-refractivity contribution >= 4 is 34.5 Å². The summed E-state index contributed by atoms with van der Waals surface area (Å²) in [4.78, 5) is 41.4. The van der Waals surface area contributed by atoms with Crippen LogP contribution >= 0.6 is 22.9 Å². The van der Waals surface area contributed by atoms with Crippen molar-refractivity contribution < 1.29 is 4.79 Å². The van der Waals surface area contributed by atoms with Gasteiger partial charge < -0.3 is 5.73 Å². The van der Waals surface area contributed by atoms with Crippen molar-refractivity contribution in [2.24, 2.45) is 0 Å². The number of halogens is 1. The van der Waals surface area contributed by atoms with Gasteiger partial charge in [-0.3, -0.25) is 23.6 Å². The van der Waals surface area contributed by atoms with E-state index in [4.69, 9.17) is 17.3 Å². The van der Waals surface area contributed by atoms with Crippen molar-refractivity contribution in [2.75, 3.05) is 19.3 Å². The van der Waals surface area contributed by atoms with Gasteiger partial charge in [0.1, 0.15) is 11.4 Å². The first-order chi connectivity index (χ1) is 14.3. The van der Waals surface area contributed by atoms with Crippen LogP contribution in [-0.2, 0) is 19.6 Å². The molecule has 0 atom stereocenters. The number of rotatable bonds is 8. The lowest BCUT2D eigenvalue weighted by molar-refractivity contribution is 0.0941. The van der Waals surface area contributed by atoms with Crippen LogP contribution in [0.1, 0.15) is 27.7 Å². The molecule has 7 nitrogen and oxygen atoms in total. The number of Topliss-reactive ketones (excluding diaryl/α,β-unsaturated/α-hetero) is 1. The summed E-state index contributed by atoms with van der Waals surface area (Å²) in [7, 11) is 1.78. The number of carbonyl (C=O) groups is 1. The summed E-state index contributed by atoms with van der Waals surface area (Å²) in [6.07, 6.45) is 0. The van der Waals surface area contributed by atoms with Gasteiger partial charge in [0.25, 0.3) is 5.56 Å². The maximum atomic E-state index is 13.0. The second kappa shape index (κ2) is 9.42. The van der Waals surface area contributed by atoms with E-state index in [0.717, 1.165) is 15.0 Å². The van der Waals surface area contributed by atoms with E-state index in [-0.39, 0.29) is 31.0 Å². The van der Waals surface area contributed by atoms with E-state index < -0.39 is 17.0 Å². The van der Waals surface area contributed by atoms with Crippen molar-refractivity contribution in [1.29, 1.82) is 0 Å². The number of nitrogen functional groups attached to an aromatic ring is 1. The number of likely N-dealkylation sites (N-methyl/N-ethyl adjacent to an activating group) is 1. The standard InChI is InChI=1S/C21H23ClN4O3S/c1-3-25-20(28)18(16(27)13-24(2)12-15-9-10-17(22)30-15)19(23)26(21(25)29)11-14-7-5-4-6-8-14/h4-10H,3,11-13,23H2,1-2H3. The summed E-state index contributed by atoms with van der Waals surface area (Å²) in [5.74, 6) is -0.525. The molecule has 0 amide bonds. The molecule has 0 aliphatic carbocycles. The fourth-order valence-corrected chi connectivity index (χ4v) is 4.43. The molecule has 1 aromatic carbocycles. The molecule has 0 fully saturated rings. The lowest BCUT2D eigenvalue weighted by atomic mass is 10.1. The molecule has 0 bridgehead atoms. The number of ketones is 1. The third-order valence-corrected chi connectivity index (χ3v) is 5.93. The van der Waals surface area contributed by atoms with Gasteiger partial charge >= 0.3 is 5.69 Å². The van der Waals surface area contributed by atoms with Gasteiger partial charge in [0, 0.05) is 18.0 Å². The van der Waals surface area contributed by atoms with Crippen LogP contribution < -0.4 is 17.0 Å². The Morgan fingerprint density at radius 3 is 2.43 bits per heavy atom. The first kappa shape index (κ1) is 22.0. The van der Waals surface area contributed by atoms with Gasteiger partial charge in [0.15, 0.2) is 5.78 Å². The van der Waals surface area contributed by atoms with Gasteiger partial charge in [-0.2, -0.15) is 0 Å². The third kappa shape index (κ3) is 4.72. The summed E-state index contributed by atoms with van der Waals surface area (Å²) in [6, 6.07) is 13.0. The van der Waals surface area contributed by atoms with Crippen LogP contribution in [0, 0.1) is 0 Å². The van der Waals surface area contributed by atoms with E-state index in [1.807, 2.05) is 36.4 Å². The summed E-state index contributed by atoms with van der Waals surface area (Å²) < 4.78 is 3.01. The topological polar surface area (TPSA) is 90.3 Å². The smallest absolute Gasteiger partial charge is 0.332 e. The Balaban J connectivity index is 1.94. The largest absolute Gasteiger partial charge is 0.384 e. The van der Waals surface area contributed by atoms with Gasteiger partial charge in [-0.1, -0.05) is 41.9 Å². The molecule has 0 saturated heterocycles. The molecule has 158 valence electrons. The molecule has 0 aliphatic rings. The Labute approximate surface area is 182 Å². The van der Waals surface area contributed by atoms with E-state index in [2.05, 4.69) is 0 Å². The fraction of sp³-hybridized carbons (Fsp3) is 0.286. The van der Waals surface area contributed by atoms with Crippen LogP contribution in [0.15, 0.2) is 52.1 Å². The number of hydrogen-bond acceptors (Lipinski definition) is 6. The van der Waals surface area contributed by atoms with Crippen molar-refractivity contribution in [3.63, 3.8) is 0 Å². The van der Waals surface area contributed by atoms with Gasteiger partial charge in [-0.25, -0.2) is 4.79 Å². The van der Waals surface area contributed by atoms with Gasteiger partial charge in [0.2, 0.25) is 0 Å². The summed E-state index contributed by atoms with van der Waals surface area (Å²) in [6.45, 7) is 2.51. The molecule has 3 aromatic rings. The normalized spacial score (nSPS) is 11.2. The number of aromatic nitrogens is 2. The monoisotopic (exact) mass is 446 g/mol. The number of benzene rings is 1. The predicted molar refractivity (Wildman–Crippen MR) is 121 cm³/mol. The minimum absolute atomic E-state index is 0.0117. The molecule has 0 radical (unpaired) electrons. The van der Waals surface area contributed by atoms with Crippen molar-refractivity contribution in [3.05, 3.63) is 83.6 Å². The van der Waals surface area contributed by atoms with Crippen LogP contribution in [0.4, 0.5) is 5.82 Å². The molecule has 3 rings (SSSR count). The maximum absolute atomic E-state index is 13.0. The average molecular weight is 447 g/mol. The maximum Gasteiger partial charge on any atom is 0.332 e. The van der Waals surface area contributed by atoms with E-state index in [9.17, 15) is 14.4 Å². The Kier molecular flexibility index (Phi) is 6.91. The van der Waals surface area contributed by atoms with Crippen LogP contribution in [-0.4, -0.2) is 33.4 Å². The second-order valence-electron chi connectivity index (χ2n) is 6.97. The molecule has 30 heavy (non-hydrogen) atoms. The molecule has 2 aromatic heterocycles. The Morgan fingerprint density at radius 2 is 1.83 bits per heavy atom. The fourth-order valence-electron chi connectivity index (χ4n) is 3.26.